The van der Waals surface area contributed by atoms with Crippen LogP contribution in [-0.4, -0.2) is 90.1 Å². The predicted molar refractivity (Wildman–Crippen MR) is 155 cm³/mol. The van der Waals surface area contributed by atoms with E-state index in [1.807, 2.05) is 43.3 Å². The summed E-state index contributed by atoms with van der Waals surface area (Å²) in [6.07, 6.45) is 2.98. The normalized spacial score (nSPS) is 15.9. The highest BCUT2D eigenvalue weighted by molar-refractivity contribution is 5.93. The Labute approximate surface area is 242 Å². The molecule has 1 saturated carbocycles. The molecule has 2 atom stereocenters. The number of amides is 3. The van der Waals surface area contributed by atoms with Crippen molar-refractivity contribution in [2.45, 2.75) is 63.5 Å². The van der Waals surface area contributed by atoms with Crippen molar-refractivity contribution in [3.05, 3.63) is 59.7 Å². The van der Waals surface area contributed by atoms with Gasteiger partial charge in [0, 0.05) is 33.6 Å². The van der Waals surface area contributed by atoms with Crippen LogP contribution in [0.1, 0.15) is 62.5 Å². The number of hydrogen-bond acceptors (Lipinski definition) is 5. The van der Waals surface area contributed by atoms with Gasteiger partial charge in [-0.3, -0.25) is 19.3 Å². The van der Waals surface area contributed by atoms with Gasteiger partial charge in [-0.05, 0) is 47.4 Å². The summed E-state index contributed by atoms with van der Waals surface area (Å²) >= 11 is 0. The van der Waals surface area contributed by atoms with Gasteiger partial charge in [0.1, 0.15) is 18.7 Å². The topological polar surface area (TPSA) is 107 Å². The Morgan fingerprint density at radius 2 is 1.44 bits per heavy atom. The lowest BCUT2D eigenvalue weighted by Crippen LogP contribution is -2.57. The third-order valence-corrected chi connectivity index (χ3v) is 8.54. The maximum absolute atomic E-state index is 14.0. The molecule has 220 valence electrons. The minimum absolute atomic E-state index is 0.107. The van der Waals surface area contributed by atoms with Gasteiger partial charge in [-0.25, -0.2) is 4.79 Å². The van der Waals surface area contributed by atoms with Crippen LogP contribution in [-0.2, 0) is 19.1 Å². The zero-order valence-electron chi connectivity index (χ0n) is 24.4. The van der Waals surface area contributed by atoms with Gasteiger partial charge in [-0.2, -0.15) is 0 Å². The molecule has 0 aromatic heterocycles. The van der Waals surface area contributed by atoms with Crippen LogP contribution in [0.4, 0.5) is 4.79 Å². The van der Waals surface area contributed by atoms with E-state index in [1.165, 1.54) is 21.7 Å². The molecule has 0 aliphatic heterocycles. The van der Waals surface area contributed by atoms with Gasteiger partial charge in [-0.1, -0.05) is 68.3 Å². The second-order valence-electron chi connectivity index (χ2n) is 11.2. The highest BCUT2D eigenvalue weighted by atomic mass is 16.6. The second kappa shape index (κ2) is 13.2. The number of aliphatic carboxylic acids is 1. The van der Waals surface area contributed by atoms with Gasteiger partial charge in [0.05, 0.1) is 6.42 Å². The van der Waals surface area contributed by atoms with Crippen LogP contribution in [0.3, 0.4) is 0 Å². The fourth-order valence-corrected chi connectivity index (χ4v) is 6.38. The van der Waals surface area contributed by atoms with Crippen molar-refractivity contribution in [3.8, 4) is 11.1 Å². The lowest BCUT2D eigenvalue weighted by Gasteiger charge is -2.37. The van der Waals surface area contributed by atoms with Crippen LogP contribution in [0, 0.1) is 5.92 Å². The molecule has 2 aliphatic rings. The highest BCUT2D eigenvalue weighted by Crippen LogP contribution is 2.44. The fraction of sp³-hybridized carbons (Fsp3) is 0.500. The fourth-order valence-electron chi connectivity index (χ4n) is 6.38. The Kier molecular flexibility index (Phi) is 9.68. The van der Waals surface area contributed by atoms with Crippen molar-refractivity contribution >= 4 is 23.9 Å². The van der Waals surface area contributed by atoms with Crippen LogP contribution in [0.15, 0.2) is 48.5 Å². The van der Waals surface area contributed by atoms with Crippen molar-refractivity contribution < 1.29 is 29.0 Å². The van der Waals surface area contributed by atoms with Gasteiger partial charge in [0.2, 0.25) is 11.8 Å². The molecule has 0 radical (unpaired) electrons. The average molecular weight is 564 g/mol. The summed E-state index contributed by atoms with van der Waals surface area (Å²) in [7, 11) is 4.63. The van der Waals surface area contributed by atoms with E-state index in [0.717, 1.165) is 47.9 Å². The average Bonchev–Trinajstić information content (AvgIpc) is 3.60. The Bertz CT molecular complexity index is 1230. The Morgan fingerprint density at radius 3 is 1.98 bits per heavy atom. The molecule has 0 saturated heterocycles. The molecule has 0 spiro atoms. The van der Waals surface area contributed by atoms with E-state index in [4.69, 9.17) is 4.74 Å². The van der Waals surface area contributed by atoms with E-state index in [1.54, 1.807) is 14.1 Å². The second-order valence-corrected chi connectivity index (χ2v) is 11.2. The standard InChI is InChI=1S/C32H41N3O6/c1-5-18-33(2)30(38)27(19-28(36)37)34(3)31(39)29(21-12-6-7-13-21)35(4)32(40)41-20-26-24-16-10-8-14-22(24)23-15-9-11-17-25(23)26/h8-11,14-17,21,26-27,29H,5-7,12-13,18-20H2,1-4H3,(H,36,37)/t27-,29-/m0/s1. The van der Waals surface area contributed by atoms with Gasteiger partial charge < -0.3 is 19.6 Å². The molecule has 0 bridgehead atoms. The molecule has 3 amide bonds. The number of nitrogens with zero attached hydrogens (tertiary/aromatic N) is 3. The number of rotatable bonds is 11. The number of carbonyl (C=O) groups excluding carboxylic acids is 3. The Hall–Kier alpha value is -3.88. The number of carboxylic acids is 1. The first-order chi connectivity index (χ1) is 19.6. The number of benzene rings is 2. The third kappa shape index (κ3) is 6.39. The van der Waals surface area contributed by atoms with Crippen LogP contribution in [0.2, 0.25) is 0 Å². The zero-order chi connectivity index (χ0) is 29.7. The molecule has 2 aliphatic carbocycles. The molecule has 9 nitrogen and oxygen atoms in total. The van der Waals surface area contributed by atoms with E-state index >= 15 is 0 Å². The van der Waals surface area contributed by atoms with E-state index in [0.29, 0.717) is 13.0 Å². The summed E-state index contributed by atoms with van der Waals surface area (Å²) in [6.45, 7) is 2.49. The third-order valence-electron chi connectivity index (χ3n) is 8.54. The first-order valence-electron chi connectivity index (χ1n) is 14.5. The Morgan fingerprint density at radius 1 is 0.878 bits per heavy atom. The number of carbonyl (C=O) groups is 4. The first kappa shape index (κ1) is 30.1. The van der Waals surface area contributed by atoms with Crippen molar-refractivity contribution in [2.24, 2.45) is 5.92 Å². The van der Waals surface area contributed by atoms with Crippen LogP contribution >= 0.6 is 0 Å². The van der Waals surface area contributed by atoms with E-state index in [2.05, 4.69) is 12.1 Å². The molecular formula is C32H41N3O6. The molecular weight excluding hydrogens is 522 g/mol. The molecule has 4 rings (SSSR count). The maximum Gasteiger partial charge on any atom is 0.410 e. The lowest BCUT2D eigenvalue weighted by atomic mass is 9.95. The number of fused-ring (bicyclic) bond motifs is 3. The molecule has 41 heavy (non-hydrogen) atoms. The molecule has 1 N–H and O–H groups in total. The Balaban J connectivity index is 1.53. The first-order valence-corrected chi connectivity index (χ1v) is 14.5. The van der Waals surface area contributed by atoms with E-state index < -0.39 is 42.4 Å². The van der Waals surface area contributed by atoms with Gasteiger partial charge in [-0.15, -0.1) is 0 Å². The molecule has 9 heteroatoms. The van der Waals surface area contributed by atoms with Crippen LogP contribution in [0.5, 0.6) is 0 Å². The minimum atomic E-state index is -1.17. The highest BCUT2D eigenvalue weighted by Gasteiger charge is 2.42. The number of hydrogen-bond donors (Lipinski definition) is 1. The smallest absolute Gasteiger partial charge is 0.410 e. The van der Waals surface area contributed by atoms with E-state index in [9.17, 15) is 24.3 Å². The summed E-state index contributed by atoms with van der Waals surface area (Å²) < 4.78 is 5.86. The number of ether oxygens (including phenoxy) is 1. The SMILES string of the molecule is CCCN(C)C(=O)[C@H](CC(=O)O)N(C)C(=O)[C@H](C1CCCC1)N(C)C(=O)OCC1c2ccccc2-c2ccccc21. The van der Waals surface area contributed by atoms with Crippen LogP contribution < -0.4 is 0 Å². The van der Waals surface area contributed by atoms with Crippen molar-refractivity contribution in [3.63, 3.8) is 0 Å². The summed E-state index contributed by atoms with van der Waals surface area (Å²) in [6, 6.07) is 14.1. The zero-order valence-corrected chi connectivity index (χ0v) is 24.4. The molecule has 1 fully saturated rings. The summed E-state index contributed by atoms with van der Waals surface area (Å²) in [5.41, 5.74) is 4.44. The monoisotopic (exact) mass is 563 g/mol. The molecule has 0 heterocycles. The van der Waals surface area contributed by atoms with E-state index in [-0.39, 0.29) is 18.4 Å². The quantitative estimate of drug-likeness (QED) is 0.428. The summed E-state index contributed by atoms with van der Waals surface area (Å²) in [5, 5.41) is 9.54. The minimum Gasteiger partial charge on any atom is -0.481 e. The summed E-state index contributed by atoms with van der Waals surface area (Å²) in [4.78, 5) is 56.4. The molecule has 2 aromatic carbocycles. The number of likely N-dealkylation sites (N-methyl/N-ethyl adjacent to an activating group) is 3. The van der Waals surface area contributed by atoms with Crippen molar-refractivity contribution in [2.75, 3.05) is 34.3 Å². The van der Waals surface area contributed by atoms with Crippen LogP contribution in [0.25, 0.3) is 11.1 Å². The van der Waals surface area contributed by atoms with Crippen molar-refractivity contribution in [1.82, 2.24) is 14.7 Å². The maximum atomic E-state index is 14.0. The van der Waals surface area contributed by atoms with Gasteiger partial charge >= 0.3 is 12.1 Å². The van der Waals surface area contributed by atoms with Crippen molar-refractivity contribution in [1.29, 1.82) is 0 Å². The summed E-state index contributed by atoms with van der Waals surface area (Å²) in [5.74, 6) is -2.27. The predicted octanol–water partition coefficient (Wildman–Crippen LogP) is 4.60. The largest absolute Gasteiger partial charge is 0.481 e. The molecule has 0 unspecified atom stereocenters. The van der Waals surface area contributed by atoms with Gasteiger partial charge in [0.25, 0.3) is 0 Å². The molecule has 2 aromatic rings. The van der Waals surface area contributed by atoms with Gasteiger partial charge in [0.15, 0.2) is 0 Å². The lowest BCUT2D eigenvalue weighted by molar-refractivity contribution is -0.151. The number of carboxylic acid groups (broad SMARTS) is 1.